The zero-order valence-electron chi connectivity index (χ0n) is 19.6. The highest BCUT2D eigenvalue weighted by atomic mass is 19.1. The topological polar surface area (TPSA) is 99.9 Å². The van der Waals surface area contributed by atoms with E-state index in [4.69, 9.17) is 14.5 Å². The molecule has 2 aliphatic heterocycles. The normalized spacial score (nSPS) is 21.4. The molecule has 0 spiro atoms. The number of halogens is 1. The van der Waals surface area contributed by atoms with E-state index in [1.54, 1.807) is 18.5 Å². The van der Waals surface area contributed by atoms with Gasteiger partial charge in [-0.25, -0.2) is 19.3 Å². The van der Waals surface area contributed by atoms with E-state index < -0.39 is 0 Å². The fourth-order valence-corrected chi connectivity index (χ4v) is 5.18. The first-order valence-corrected chi connectivity index (χ1v) is 11.8. The van der Waals surface area contributed by atoms with Crippen molar-refractivity contribution in [1.82, 2.24) is 34.8 Å². The van der Waals surface area contributed by atoms with Crippen LogP contribution in [0.1, 0.15) is 36.9 Å². The predicted molar refractivity (Wildman–Crippen MR) is 127 cm³/mol. The van der Waals surface area contributed by atoms with Crippen LogP contribution in [0.2, 0.25) is 0 Å². The fourth-order valence-electron chi connectivity index (χ4n) is 5.18. The van der Waals surface area contributed by atoms with Crippen LogP contribution in [0.25, 0.3) is 22.6 Å². The summed E-state index contributed by atoms with van der Waals surface area (Å²) in [6.45, 7) is 2.05. The van der Waals surface area contributed by atoms with Crippen molar-refractivity contribution in [2.24, 2.45) is 0 Å². The Labute approximate surface area is 201 Å². The molecule has 0 radical (unpaired) electrons. The number of hydrogen-bond acceptors (Lipinski definition) is 8. The Morgan fingerprint density at radius 3 is 2.57 bits per heavy atom. The summed E-state index contributed by atoms with van der Waals surface area (Å²) in [4.78, 5) is 21.8. The van der Waals surface area contributed by atoms with Gasteiger partial charge in [-0.15, -0.1) is 0 Å². The molecule has 3 aromatic heterocycles. The zero-order valence-corrected chi connectivity index (χ0v) is 19.6. The van der Waals surface area contributed by atoms with Crippen molar-refractivity contribution in [2.75, 3.05) is 7.11 Å². The summed E-state index contributed by atoms with van der Waals surface area (Å²) >= 11 is 0. The third-order valence-electron chi connectivity index (χ3n) is 6.84. The van der Waals surface area contributed by atoms with Gasteiger partial charge in [0.25, 0.3) is 0 Å². The Morgan fingerprint density at radius 2 is 1.86 bits per heavy atom. The number of piperidine rings is 1. The van der Waals surface area contributed by atoms with E-state index >= 15 is 4.39 Å². The lowest BCUT2D eigenvalue weighted by molar-refractivity contribution is 0.137. The van der Waals surface area contributed by atoms with Crippen molar-refractivity contribution in [3.8, 4) is 23.1 Å². The monoisotopic (exact) mass is 475 g/mol. The summed E-state index contributed by atoms with van der Waals surface area (Å²) in [5.41, 5.74) is 3.03. The first kappa shape index (κ1) is 21.8. The summed E-state index contributed by atoms with van der Waals surface area (Å²) in [5, 5.41) is 3.61. The standard InChI is InChI=1S/C25H26FN7O2/c1-14-22-24(32-25(29-14)34-2)33(23(31-22)16-10-27-13-28-11-16)12-15-3-6-19(9-21(15)26)35-20-7-17-4-5-18(8-20)30-17/h3,6,9-11,13,17-18,20,30H,4-5,7-8,12H2,1-2H3. The molecular formula is C25H26FN7O2. The number of fused-ring (bicyclic) bond motifs is 3. The quantitative estimate of drug-likeness (QED) is 0.453. The fraction of sp³-hybridized carbons (Fsp3) is 0.400. The number of imidazole rings is 1. The number of methoxy groups -OCH3 is 1. The van der Waals surface area contributed by atoms with Crippen molar-refractivity contribution in [2.45, 2.75) is 57.3 Å². The van der Waals surface area contributed by atoms with Crippen LogP contribution < -0.4 is 14.8 Å². The van der Waals surface area contributed by atoms with Crippen LogP contribution in [-0.2, 0) is 6.54 Å². The summed E-state index contributed by atoms with van der Waals surface area (Å²) in [5.74, 6) is 0.801. The Kier molecular flexibility index (Phi) is 5.52. The van der Waals surface area contributed by atoms with Gasteiger partial charge in [-0.05, 0) is 38.7 Å². The van der Waals surface area contributed by atoms with Gasteiger partial charge in [0.15, 0.2) is 5.65 Å². The molecule has 6 rings (SSSR count). The van der Waals surface area contributed by atoms with Crippen LogP contribution in [0.15, 0.2) is 36.9 Å². The number of hydrogen-bond donors (Lipinski definition) is 1. The lowest BCUT2D eigenvalue weighted by Crippen LogP contribution is -2.42. The molecule has 2 unspecified atom stereocenters. The number of aryl methyl sites for hydroxylation is 1. The highest BCUT2D eigenvalue weighted by Crippen LogP contribution is 2.31. The lowest BCUT2D eigenvalue weighted by Gasteiger charge is -2.29. The van der Waals surface area contributed by atoms with E-state index in [0.29, 0.717) is 51.6 Å². The second kappa shape index (κ2) is 8.84. The Hall–Kier alpha value is -3.66. The van der Waals surface area contributed by atoms with Gasteiger partial charge in [-0.2, -0.15) is 9.97 Å². The number of nitrogens with one attached hydrogen (secondary N) is 1. The van der Waals surface area contributed by atoms with Gasteiger partial charge in [0.2, 0.25) is 0 Å². The third-order valence-corrected chi connectivity index (χ3v) is 6.84. The molecular weight excluding hydrogens is 449 g/mol. The first-order chi connectivity index (χ1) is 17.1. The molecule has 0 saturated carbocycles. The molecule has 180 valence electrons. The van der Waals surface area contributed by atoms with Crippen molar-refractivity contribution in [1.29, 1.82) is 0 Å². The average molecular weight is 476 g/mol. The largest absolute Gasteiger partial charge is 0.490 e. The minimum Gasteiger partial charge on any atom is -0.490 e. The van der Waals surface area contributed by atoms with Gasteiger partial charge in [0.1, 0.15) is 35.3 Å². The minimum atomic E-state index is -0.339. The number of aromatic nitrogens is 6. The Bertz CT molecular complexity index is 1370. The predicted octanol–water partition coefficient (Wildman–Crippen LogP) is 3.45. The molecule has 2 aliphatic rings. The SMILES string of the molecule is COc1nc(C)c2nc(-c3cncnc3)n(Cc3ccc(OC4CC5CCC(C4)N5)cc3F)c2n1. The summed E-state index contributed by atoms with van der Waals surface area (Å²) < 4.78 is 28.6. The molecule has 35 heavy (non-hydrogen) atoms. The molecule has 5 heterocycles. The van der Waals surface area contributed by atoms with E-state index in [2.05, 4.69) is 25.3 Å². The number of ether oxygens (including phenoxy) is 2. The molecule has 2 atom stereocenters. The highest BCUT2D eigenvalue weighted by molar-refractivity contribution is 5.79. The van der Waals surface area contributed by atoms with E-state index in [1.807, 2.05) is 17.6 Å². The molecule has 9 nitrogen and oxygen atoms in total. The second-order valence-corrected chi connectivity index (χ2v) is 9.22. The zero-order chi connectivity index (χ0) is 23.9. The van der Waals surface area contributed by atoms with Gasteiger partial charge < -0.3 is 19.4 Å². The Balaban J connectivity index is 1.33. The van der Waals surface area contributed by atoms with Crippen LogP contribution in [0, 0.1) is 12.7 Å². The van der Waals surface area contributed by atoms with Crippen molar-refractivity contribution >= 4 is 11.2 Å². The molecule has 2 bridgehead atoms. The summed E-state index contributed by atoms with van der Waals surface area (Å²) in [7, 11) is 1.51. The van der Waals surface area contributed by atoms with Gasteiger partial charge in [-0.3, -0.25) is 0 Å². The molecule has 4 aromatic rings. The second-order valence-electron chi connectivity index (χ2n) is 9.22. The maximum Gasteiger partial charge on any atom is 0.318 e. The lowest BCUT2D eigenvalue weighted by atomic mass is 10.0. The van der Waals surface area contributed by atoms with Crippen LogP contribution >= 0.6 is 0 Å². The summed E-state index contributed by atoms with van der Waals surface area (Å²) in [6.07, 6.45) is 9.23. The van der Waals surface area contributed by atoms with Gasteiger partial charge in [0.05, 0.1) is 24.9 Å². The molecule has 0 aliphatic carbocycles. The number of benzene rings is 1. The molecule has 2 saturated heterocycles. The Morgan fingerprint density at radius 1 is 1.09 bits per heavy atom. The molecule has 1 N–H and O–H groups in total. The molecule has 0 amide bonds. The third kappa shape index (κ3) is 4.18. The molecule has 10 heteroatoms. The van der Waals surface area contributed by atoms with E-state index in [1.165, 1.54) is 32.3 Å². The van der Waals surface area contributed by atoms with Gasteiger partial charge in [0, 0.05) is 36.1 Å². The average Bonchev–Trinajstić information content (AvgIpc) is 3.40. The van der Waals surface area contributed by atoms with Crippen molar-refractivity contribution in [3.05, 3.63) is 54.0 Å². The smallest absolute Gasteiger partial charge is 0.318 e. The van der Waals surface area contributed by atoms with Crippen LogP contribution in [0.4, 0.5) is 4.39 Å². The summed E-state index contributed by atoms with van der Waals surface area (Å²) in [6, 6.07) is 6.34. The number of nitrogens with zero attached hydrogens (tertiary/aromatic N) is 6. The van der Waals surface area contributed by atoms with E-state index in [9.17, 15) is 0 Å². The van der Waals surface area contributed by atoms with E-state index in [0.717, 1.165) is 12.8 Å². The maximum atomic E-state index is 15.3. The first-order valence-electron chi connectivity index (χ1n) is 11.8. The van der Waals surface area contributed by atoms with Gasteiger partial charge in [-0.1, -0.05) is 6.07 Å². The van der Waals surface area contributed by atoms with Crippen molar-refractivity contribution < 1.29 is 13.9 Å². The van der Waals surface area contributed by atoms with E-state index in [-0.39, 0.29) is 24.5 Å². The number of rotatable bonds is 6. The van der Waals surface area contributed by atoms with Crippen molar-refractivity contribution in [3.63, 3.8) is 0 Å². The molecule has 1 aromatic carbocycles. The molecule has 2 fully saturated rings. The minimum absolute atomic E-state index is 0.119. The maximum absolute atomic E-state index is 15.3. The van der Waals surface area contributed by atoms with Crippen LogP contribution in [-0.4, -0.2) is 54.8 Å². The highest BCUT2D eigenvalue weighted by Gasteiger charge is 2.34. The van der Waals surface area contributed by atoms with Crippen LogP contribution in [0.5, 0.6) is 11.8 Å². The van der Waals surface area contributed by atoms with Crippen LogP contribution in [0.3, 0.4) is 0 Å². The van der Waals surface area contributed by atoms with Gasteiger partial charge >= 0.3 is 6.01 Å².